The van der Waals surface area contributed by atoms with Gasteiger partial charge in [0.15, 0.2) is 0 Å². The molecule has 0 aliphatic heterocycles. The molecule has 1 rings (SSSR count). The third-order valence-corrected chi connectivity index (χ3v) is 2.31. The highest BCUT2D eigenvalue weighted by Crippen LogP contribution is 2.23. The largest absolute Gasteiger partial charge is 0.257 e. The van der Waals surface area contributed by atoms with E-state index in [-0.39, 0.29) is 0 Å². The van der Waals surface area contributed by atoms with Gasteiger partial charge in [0.1, 0.15) is 5.15 Å². The van der Waals surface area contributed by atoms with Gasteiger partial charge in [-0.25, -0.2) is 0 Å². The van der Waals surface area contributed by atoms with Crippen LogP contribution >= 0.6 is 11.6 Å². The van der Waals surface area contributed by atoms with Crippen LogP contribution in [-0.4, -0.2) is 9.78 Å². The predicted octanol–water partition coefficient (Wildman–Crippen LogP) is 2.51. The van der Waals surface area contributed by atoms with E-state index in [0.717, 1.165) is 16.4 Å². The van der Waals surface area contributed by atoms with Crippen LogP contribution in [0.15, 0.2) is 0 Å². The summed E-state index contributed by atoms with van der Waals surface area (Å²) >= 11 is 5.94. The van der Waals surface area contributed by atoms with Crippen molar-refractivity contribution in [3.8, 4) is 0 Å². The first-order chi connectivity index (χ1) is 5.04. The third-order valence-electron chi connectivity index (χ3n) is 1.78. The molecule has 0 aromatic carbocycles. The van der Waals surface area contributed by atoms with E-state index < -0.39 is 0 Å². The molecule has 62 valence electrons. The van der Waals surface area contributed by atoms with Crippen molar-refractivity contribution in [3.05, 3.63) is 16.4 Å². The molecule has 0 unspecified atom stereocenters. The number of hydrogen-bond donors (Lipinski definition) is 0. The lowest BCUT2D eigenvalue weighted by Gasteiger charge is -1.99. The maximum absolute atomic E-state index is 5.94. The third kappa shape index (κ3) is 1.41. The smallest absolute Gasteiger partial charge is 0.129 e. The first-order valence-corrected chi connectivity index (χ1v) is 4.10. The van der Waals surface area contributed by atoms with Gasteiger partial charge in [-0.3, -0.25) is 4.68 Å². The minimum atomic E-state index is 0.452. The molecule has 0 N–H and O–H groups in total. The van der Waals surface area contributed by atoms with Crippen LogP contribution in [0.2, 0.25) is 5.15 Å². The number of rotatable bonds is 1. The maximum Gasteiger partial charge on any atom is 0.129 e. The van der Waals surface area contributed by atoms with E-state index in [4.69, 9.17) is 11.6 Å². The van der Waals surface area contributed by atoms with Gasteiger partial charge in [-0.2, -0.15) is 5.10 Å². The molecule has 0 aliphatic rings. The van der Waals surface area contributed by atoms with Gasteiger partial charge in [-0.05, 0) is 12.8 Å². The highest BCUT2D eigenvalue weighted by atomic mass is 35.5. The molecule has 0 saturated carbocycles. The molecule has 0 fully saturated rings. The summed E-state index contributed by atoms with van der Waals surface area (Å²) in [5.41, 5.74) is 2.20. The Kier molecular flexibility index (Phi) is 2.23. The standard InChI is InChI=1S/C8H13ClN2/c1-5(2)7-6(3)8(9)11(4)10-7/h5H,1-4H3. The molecule has 0 amide bonds. The van der Waals surface area contributed by atoms with Crippen LogP contribution < -0.4 is 0 Å². The van der Waals surface area contributed by atoms with Crippen molar-refractivity contribution in [1.29, 1.82) is 0 Å². The Labute approximate surface area is 72.2 Å². The number of aromatic nitrogens is 2. The van der Waals surface area contributed by atoms with E-state index in [1.165, 1.54) is 0 Å². The highest BCUT2D eigenvalue weighted by molar-refractivity contribution is 6.30. The minimum Gasteiger partial charge on any atom is -0.257 e. The van der Waals surface area contributed by atoms with Gasteiger partial charge in [0.25, 0.3) is 0 Å². The van der Waals surface area contributed by atoms with Crippen LogP contribution in [0.3, 0.4) is 0 Å². The fourth-order valence-electron chi connectivity index (χ4n) is 1.18. The summed E-state index contributed by atoms with van der Waals surface area (Å²) in [5, 5.41) is 5.04. The number of halogens is 1. The molecule has 0 radical (unpaired) electrons. The van der Waals surface area contributed by atoms with Crippen LogP contribution in [0.25, 0.3) is 0 Å². The average molecular weight is 173 g/mol. The summed E-state index contributed by atoms with van der Waals surface area (Å²) in [4.78, 5) is 0. The molecule has 0 saturated heterocycles. The second kappa shape index (κ2) is 2.86. The Morgan fingerprint density at radius 3 is 2.18 bits per heavy atom. The summed E-state index contributed by atoms with van der Waals surface area (Å²) in [6.07, 6.45) is 0. The molecule has 3 heteroatoms. The van der Waals surface area contributed by atoms with Gasteiger partial charge in [0.05, 0.1) is 5.69 Å². The molecule has 11 heavy (non-hydrogen) atoms. The van der Waals surface area contributed by atoms with E-state index >= 15 is 0 Å². The monoisotopic (exact) mass is 172 g/mol. The number of aryl methyl sites for hydroxylation is 1. The Morgan fingerprint density at radius 1 is 1.45 bits per heavy atom. The molecule has 1 aromatic rings. The normalized spacial score (nSPS) is 11.1. The predicted molar refractivity (Wildman–Crippen MR) is 47.0 cm³/mol. The SMILES string of the molecule is Cc1c(C(C)C)nn(C)c1Cl. The lowest BCUT2D eigenvalue weighted by Crippen LogP contribution is -1.93. The van der Waals surface area contributed by atoms with Crippen LogP contribution in [0, 0.1) is 6.92 Å². The fraction of sp³-hybridized carbons (Fsp3) is 0.625. The van der Waals surface area contributed by atoms with Crippen LogP contribution in [0.5, 0.6) is 0 Å². The van der Waals surface area contributed by atoms with Crippen LogP contribution in [-0.2, 0) is 7.05 Å². The van der Waals surface area contributed by atoms with Crippen molar-refractivity contribution in [1.82, 2.24) is 9.78 Å². The lowest BCUT2D eigenvalue weighted by atomic mass is 10.1. The summed E-state index contributed by atoms with van der Waals surface area (Å²) < 4.78 is 1.71. The van der Waals surface area contributed by atoms with Gasteiger partial charge >= 0.3 is 0 Å². The summed E-state index contributed by atoms with van der Waals surface area (Å²) in [6.45, 7) is 6.24. The lowest BCUT2D eigenvalue weighted by molar-refractivity contribution is 0.713. The second-order valence-corrected chi connectivity index (χ2v) is 3.44. The van der Waals surface area contributed by atoms with Gasteiger partial charge in [-0.1, -0.05) is 25.4 Å². The summed E-state index contributed by atoms with van der Waals surface area (Å²) in [5.74, 6) is 0.452. The average Bonchev–Trinajstić information content (AvgIpc) is 2.17. The van der Waals surface area contributed by atoms with E-state index in [9.17, 15) is 0 Å². The van der Waals surface area contributed by atoms with Crippen molar-refractivity contribution >= 4 is 11.6 Å². The van der Waals surface area contributed by atoms with Crippen molar-refractivity contribution in [3.63, 3.8) is 0 Å². The van der Waals surface area contributed by atoms with Gasteiger partial charge in [0, 0.05) is 12.6 Å². The Bertz CT molecular complexity index is 263. The van der Waals surface area contributed by atoms with Crippen molar-refractivity contribution in [2.45, 2.75) is 26.7 Å². The molecule has 0 bridgehead atoms. The maximum atomic E-state index is 5.94. The molecule has 0 atom stereocenters. The zero-order chi connectivity index (χ0) is 8.59. The Balaban J connectivity index is 3.19. The molecule has 0 spiro atoms. The number of hydrogen-bond acceptors (Lipinski definition) is 1. The summed E-state index contributed by atoms with van der Waals surface area (Å²) in [6, 6.07) is 0. The zero-order valence-electron chi connectivity index (χ0n) is 7.35. The zero-order valence-corrected chi connectivity index (χ0v) is 8.11. The summed E-state index contributed by atoms with van der Waals surface area (Å²) in [7, 11) is 1.86. The van der Waals surface area contributed by atoms with Gasteiger partial charge in [0.2, 0.25) is 0 Å². The van der Waals surface area contributed by atoms with Crippen LogP contribution in [0.1, 0.15) is 31.0 Å². The minimum absolute atomic E-state index is 0.452. The quantitative estimate of drug-likeness (QED) is 0.637. The van der Waals surface area contributed by atoms with Crippen LogP contribution in [0.4, 0.5) is 0 Å². The van der Waals surface area contributed by atoms with Gasteiger partial charge in [-0.15, -0.1) is 0 Å². The van der Waals surface area contributed by atoms with E-state index in [1.54, 1.807) is 4.68 Å². The topological polar surface area (TPSA) is 17.8 Å². The van der Waals surface area contributed by atoms with Crippen molar-refractivity contribution in [2.24, 2.45) is 7.05 Å². The highest BCUT2D eigenvalue weighted by Gasteiger charge is 2.12. The van der Waals surface area contributed by atoms with E-state index in [2.05, 4.69) is 18.9 Å². The molecular formula is C8H13ClN2. The molecule has 2 nitrogen and oxygen atoms in total. The molecule has 1 aromatic heterocycles. The van der Waals surface area contributed by atoms with Crippen molar-refractivity contribution < 1.29 is 0 Å². The van der Waals surface area contributed by atoms with E-state index in [0.29, 0.717) is 5.92 Å². The number of nitrogens with zero attached hydrogens (tertiary/aromatic N) is 2. The Hall–Kier alpha value is -0.500. The van der Waals surface area contributed by atoms with Gasteiger partial charge < -0.3 is 0 Å². The first kappa shape index (κ1) is 8.60. The fourth-order valence-corrected chi connectivity index (χ4v) is 1.31. The van der Waals surface area contributed by atoms with E-state index in [1.807, 2.05) is 14.0 Å². The molecular weight excluding hydrogens is 160 g/mol. The first-order valence-electron chi connectivity index (χ1n) is 3.73. The second-order valence-electron chi connectivity index (χ2n) is 3.08. The Morgan fingerprint density at radius 2 is 2.00 bits per heavy atom. The molecule has 0 aliphatic carbocycles. The molecule has 1 heterocycles. The van der Waals surface area contributed by atoms with Crippen molar-refractivity contribution in [2.75, 3.05) is 0 Å².